The molecule has 29 heavy (non-hydrogen) atoms. The van der Waals surface area contributed by atoms with E-state index in [0.717, 1.165) is 24.2 Å². The minimum atomic E-state index is -0.254. The van der Waals surface area contributed by atoms with Crippen molar-refractivity contribution in [2.45, 2.75) is 0 Å². The van der Waals surface area contributed by atoms with Gasteiger partial charge in [0.2, 0.25) is 11.8 Å². The Hall–Kier alpha value is -3.46. The van der Waals surface area contributed by atoms with Crippen LogP contribution in [0.2, 0.25) is 0 Å². The number of morpholine rings is 1. The highest BCUT2D eigenvalue weighted by Crippen LogP contribution is 2.24. The van der Waals surface area contributed by atoms with Gasteiger partial charge in [-0.3, -0.25) is 4.79 Å². The number of hydrogen-bond donors (Lipinski definition) is 1. The van der Waals surface area contributed by atoms with E-state index < -0.39 is 0 Å². The van der Waals surface area contributed by atoms with Crippen LogP contribution in [0.3, 0.4) is 0 Å². The molecule has 0 saturated carbocycles. The van der Waals surface area contributed by atoms with Crippen LogP contribution in [0.1, 0.15) is 10.5 Å². The highest BCUT2D eigenvalue weighted by molar-refractivity contribution is 6.04. The van der Waals surface area contributed by atoms with E-state index in [1.165, 1.54) is 7.11 Å². The molecule has 0 spiro atoms. The van der Waals surface area contributed by atoms with Crippen LogP contribution < -0.4 is 15.0 Å². The summed E-state index contributed by atoms with van der Waals surface area (Å²) in [6.45, 7) is 2.94. The second kappa shape index (κ2) is 8.27. The maximum Gasteiger partial charge on any atom is 0.272 e. The first-order valence-corrected chi connectivity index (χ1v) is 9.27. The Labute approximate surface area is 168 Å². The zero-order valence-electron chi connectivity index (χ0n) is 16.3. The maximum atomic E-state index is 12.7. The quantitative estimate of drug-likeness (QED) is 0.707. The molecule has 9 nitrogen and oxygen atoms in total. The van der Waals surface area contributed by atoms with Crippen molar-refractivity contribution in [2.75, 3.05) is 43.6 Å². The molecule has 0 aromatic carbocycles. The third kappa shape index (κ3) is 4.04. The molecule has 3 aromatic rings. The zero-order chi connectivity index (χ0) is 20.2. The summed E-state index contributed by atoms with van der Waals surface area (Å²) in [5.74, 6) is 0.799. The summed E-state index contributed by atoms with van der Waals surface area (Å²) in [7, 11) is 3.33. The van der Waals surface area contributed by atoms with E-state index in [9.17, 15) is 4.79 Å². The summed E-state index contributed by atoms with van der Waals surface area (Å²) < 4.78 is 12.3. The van der Waals surface area contributed by atoms with Gasteiger partial charge in [0.15, 0.2) is 0 Å². The molecule has 0 radical (unpaired) electrons. The second-order valence-corrected chi connectivity index (χ2v) is 6.61. The number of nitrogens with zero attached hydrogens (tertiary/aromatic N) is 5. The average molecular weight is 394 g/mol. The third-order valence-electron chi connectivity index (χ3n) is 4.72. The summed E-state index contributed by atoms with van der Waals surface area (Å²) in [4.78, 5) is 27.9. The fourth-order valence-electron chi connectivity index (χ4n) is 3.18. The van der Waals surface area contributed by atoms with Gasteiger partial charge >= 0.3 is 0 Å². The first-order chi connectivity index (χ1) is 14.2. The molecule has 4 rings (SSSR count). The molecule has 1 aliphatic heterocycles. The number of ether oxygens (including phenoxy) is 2. The molecule has 1 fully saturated rings. The molecule has 1 amide bonds. The number of carbonyl (C=O) groups excluding carboxylic acids is 1. The normalized spacial score (nSPS) is 13.9. The van der Waals surface area contributed by atoms with Gasteiger partial charge in [-0.15, -0.1) is 0 Å². The van der Waals surface area contributed by atoms with Crippen LogP contribution in [0, 0.1) is 0 Å². The number of anilines is 2. The van der Waals surface area contributed by atoms with E-state index in [1.54, 1.807) is 35.3 Å². The lowest BCUT2D eigenvalue weighted by atomic mass is 10.2. The van der Waals surface area contributed by atoms with Crippen molar-refractivity contribution in [2.24, 2.45) is 7.05 Å². The highest BCUT2D eigenvalue weighted by Gasteiger charge is 2.17. The van der Waals surface area contributed by atoms with Crippen LogP contribution in [0.25, 0.3) is 11.1 Å². The Kier molecular flexibility index (Phi) is 5.39. The van der Waals surface area contributed by atoms with Gasteiger partial charge in [0, 0.05) is 56.1 Å². The van der Waals surface area contributed by atoms with Crippen molar-refractivity contribution >= 4 is 17.5 Å². The monoisotopic (exact) mass is 394 g/mol. The number of nitrogens with one attached hydrogen (secondary N) is 1. The smallest absolute Gasteiger partial charge is 0.272 e. The molecular formula is C20H22N6O3. The van der Waals surface area contributed by atoms with Gasteiger partial charge in [0.1, 0.15) is 11.4 Å². The summed E-state index contributed by atoms with van der Waals surface area (Å²) in [6, 6.07) is 5.29. The number of carbonyl (C=O) groups is 1. The SMILES string of the molecule is COc1ncccc1NC(=O)c1cc(-c2cnc(N3CCOCC3)nc2)cn1C. The summed E-state index contributed by atoms with van der Waals surface area (Å²) in [5.41, 5.74) is 2.73. The van der Waals surface area contributed by atoms with Crippen molar-refractivity contribution < 1.29 is 14.3 Å². The Bertz CT molecular complexity index is 996. The van der Waals surface area contributed by atoms with Gasteiger partial charge in [-0.2, -0.15) is 0 Å². The van der Waals surface area contributed by atoms with Crippen LogP contribution in [0.5, 0.6) is 5.88 Å². The second-order valence-electron chi connectivity index (χ2n) is 6.61. The lowest BCUT2D eigenvalue weighted by molar-refractivity contribution is 0.101. The number of pyridine rings is 1. The summed E-state index contributed by atoms with van der Waals surface area (Å²) in [6.07, 6.45) is 7.04. The predicted molar refractivity (Wildman–Crippen MR) is 108 cm³/mol. The topological polar surface area (TPSA) is 94.4 Å². The molecular weight excluding hydrogens is 372 g/mol. The van der Waals surface area contributed by atoms with Gasteiger partial charge in [-0.05, 0) is 18.2 Å². The molecule has 0 unspecified atom stereocenters. The minimum Gasteiger partial charge on any atom is -0.480 e. The summed E-state index contributed by atoms with van der Waals surface area (Å²) in [5, 5.41) is 2.84. The minimum absolute atomic E-state index is 0.254. The van der Waals surface area contributed by atoms with Crippen molar-refractivity contribution in [3.63, 3.8) is 0 Å². The number of aryl methyl sites for hydroxylation is 1. The molecule has 9 heteroatoms. The standard InChI is InChI=1S/C20H22N6O3/c1-25-13-14(15-11-22-20(23-12-15)26-6-8-29-9-7-26)10-17(25)18(27)24-16-4-3-5-21-19(16)28-2/h3-5,10-13H,6-9H2,1-2H3,(H,24,27). The number of amides is 1. The van der Waals surface area contributed by atoms with Crippen molar-refractivity contribution in [3.8, 4) is 17.0 Å². The molecule has 1 saturated heterocycles. The predicted octanol–water partition coefficient (Wildman–Crippen LogP) is 1.97. The maximum absolute atomic E-state index is 12.7. The van der Waals surface area contributed by atoms with Gasteiger partial charge < -0.3 is 24.3 Å². The average Bonchev–Trinajstić information content (AvgIpc) is 3.16. The van der Waals surface area contributed by atoms with E-state index in [4.69, 9.17) is 9.47 Å². The Morgan fingerprint density at radius 1 is 1.17 bits per heavy atom. The first kappa shape index (κ1) is 18.9. The van der Waals surface area contributed by atoms with Crippen molar-refractivity contribution in [1.82, 2.24) is 19.5 Å². The molecule has 4 heterocycles. The molecule has 1 N–H and O–H groups in total. The number of hydrogen-bond acceptors (Lipinski definition) is 7. The zero-order valence-corrected chi connectivity index (χ0v) is 16.3. The first-order valence-electron chi connectivity index (χ1n) is 9.27. The number of methoxy groups -OCH3 is 1. The molecule has 1 aliphatic rings. The highest BCUT2D eigenvalue weighted by atomic mass is 16.5. The lowest BCUT2D eigenvalue weighted by Crippen LogP contribution is -2.37. The third-order valence-corrected chi connectivity index (χ3v) is 4.72. The van der Waals surface area contributed by atoms with E-state index in [0.29, 0.717) is 36.4 Å². The number of rotatable bonds is 5. The van der Waals surface area contributed by atoms with Gasteiger partial charge in [-0.1, -0.05) is 0 Å². The van der Waals surface area contributed by atoms with Gasteiger partial charge in [0.25, 0.3) is 5.91 Å². The molecule has 3 aromatic heterocycles. The molecule has 0 atom stereocenters. The van der Waals surface area contributed by atoms with Crippen molar-refractivity contribution in [3.05, 3.63) is 48.7 Å². The van der Waals surface area contributed by atoms with Crippen LogP contribution in [0.4, 0.5) is 11.6 Å². The molecule has 0 aliphatic carbocycles. The van der Waals surface area contributed by atoms with Crippen LogP contribution in [-0.2, 0) is 11.8 Å². The van der Waals surface area contributed by atoms with Crippen LogP contribution in [0.15, 0.2) is 43.0 Å². The van der Waals surface area contributed by atoms with Crippen LogP contribution in [-0.4, -0.2) is 58.8 Å². The van der Waals surface area contributed by atoms with Gasteiger partial charge in [-0.25, -0.2) is 15.0 Å². The Morgan fingerprint density at radius 2 is 1.93 bits per heavy atom. The van der Waals surface area contributed by atoms with Crippen LogP contribution >= 0.6 is 0 Å². The molecule has 0 bridgehead atoms. The number of aromatic nitrogens is 4. The fraction of sp³-hybridized carbons (Fsp3) is 0.300. The summed E-state index contributed by atoms with van der Waals surface area (Å²) >= 11 is 0. The van der Waals surface area contributed by atoms with E-state index >= 15 is 0 Å². The van der Waals surface area contributed by atoms with Gasteiger partial charge in [0.05, 0.1) is 20.3 Å². The van der Waals surface area contributed by atoms with E-state index in [1.807, 2.05) is 19.3 Å². The van der Waals surface area contributed by atoms with E-state index in [-0.39, 0.29) is 5.91 Å². The van der Waals surface area contributed by atoms with Crippen molar-refractivity contribution in [1.29, 1.82) is 0 Å². The Balaban J connectivity index is 1.52. The largest absolute Gasteiger partial charge is 0.480 e. The fourth-order valence-corrected chi connectivity index (χ4v) is 3.18. The molecule has 150 valence electrons. The van der Waals surface area contributed by atoms with E-state index in [2.05, 4.69) is 25.2 Å². The Morgan fingerprint density at radius 3 is 2.66 bits per heavy atom. The lowest BCUT2D eigenvalue weighted by Gasteiger charge is -2.26.